The van der Waals surface area contributed by atoms with E-state index in [1.807, 2.05) is 6.92 Å². The van der Waals surface area contributed by atoms with Crippen molar-refractivity contribution in [3.8, 4) is 0 Å². The second kappa shape index (κ2) is 9.76. The number of halogens is 1. The molecular formula is C16H22ClN3O3S2. The molecule has 1 atom stereocenters. The average molecular weight is 404 g/mol. The third-order valence-electron chi connectivity index (χ3n) is 3.25. The second-order valence-electron chi connectivity index (χ2n) is 5.53. The Labute approximate surface area is 158 Å². The Morgan fingerprint density at radius 2 is 1.92 bits per heavy atom. The van der Waals surface area contributed by atoms with Crippen molar-refractivity contribution in [3.05, 3.63) is 47.3 Å². The van der Waals surface area contributed by atoms with Crippen molar-refractivity contribution in [1.29, 1.82) is 0 Å². The van der Waals surface area contributed by atoms with Gasteiger partial charge in [0.05, 0.1) is 6.42 Å². The fourth-order valence-corrected chi connectivity index (χ4v) is 4.05. The molecule has 1 unspecified atom stereocenters. The Bertz CT molecular complexity index is 760. The van der Waals surface area contributed by atoms with Crippen LogP contribution in [-0.4, -0.2) is 26.9 Å². The number of thiophene rings is 1. The molecule has 0 radical (unpaired) electrons. The largest absolute Gasteiger partial charge is 0.356 e. The van der Waals surface area contributed by atoms with Gasteiger partial charge in [-0.3, -0.25) is 9.52 Å². The summed E-state index contributed by atoms with van der Waals surface area (Å²) >= 11 is 1.16. The highest BCUT2D eigenvalue weighted by atomic mass is 35.5. The molecule has 6 nitrogen and oxygen atoms in total. The van der Waals surface area contributed by atoms with E-state index >= 15 is 0 Å². The Balaban J connectivity index is 0.00000312. The number of nitrogens with two attached hydrogens (primary N) is 1. The number of carbonyl (C=O) groups excluding carboxylic acids is 1. The summed E-state index contributed by atoms with van der Waals surface area (Å²) < 4.78 is 27.0. The van der Waals surface area contributed by atoms with E-state index in [1.165, 1.54) is 0 Å². The zero-order valence-corrected chi connectivity index (χ0v) is 16.2. The van der Waals surface area contributed by atoms with Crippen LogP contribution in [0.25, 0.3) is 0 Å². The predicted molar refractivity (Wildman–Crippen MR) is 104 cm³/mol. The molecule has 1 aromatic carbocycles. The molecule has 0 aliphatic rings. The molecule has 2 rings (SSSR count). The molecule has 0 saturated heterocycles. The molecule has 2 aromatic rings. The van der Waals surface area contributed by atoms with Gasteiger partial charge in [0.2, 0.25) is 5.91 Å². The Morgan fingerprint density at radius 1 is 1.24 bits per heavy atom. The summed E-state index contributed by atoms with van der Waals surface area (Å²) in [4.78, 5) is 11.8. The van der Waals surface area contributed by atoms with E-state index in [0.29, 0.717) is 12.2 Å². The molecule has 9 heteroatoms. The lowest BCUT2D eigenvalue weighted by atomic mass is 10.1. The lowest BCUT2D eigenvalue weighted by Gasteiger charge is -2.09. The predicted octanol–water partition coefficient (Wildman–Crippen LogP) is 2.37. The highest BCUT2D eigenvalue weighted by Gasteiger charge is 2.15. The van der Waals surface area contributed by atoms with Gasteiger partial charge in [-0.2, -0.15) is 0 Å². The minimum atomic E-state index is -3.55. The molecule has 4 N–H and O–H groups in total. The van der Waals surface area contributed by atoms with E-state index in [-0.39, 0.29) is 35.0 Å². The van der Waals surface area contributed by atoms with Crippen LogP contribution in [0.15, 0.2) is 46.0 Å². The highest BCUT2D eigenvalue weighted by molar-refractivity contribution is 7.94. The van der Waals surface area contributed by atoms with Gasteiger partial charge >= 0.3 is 0 Å². The summed E-state index contributed by atoms with van der Waals surface area (Å²) in [7, 11) is -3.55. The van der Waals surface area contributed by atoms with E-state index in [1.54, 1.807) is 41.8 Å². The average Bonchev–Trinajstić information content (AvgIpc) is 3.04. The number of sulfonamides is 1. The van der Waals surface area contributed by atoms with Crippen molar-refractivity contribution in [1.82, 2.24) is 5.32 Å². The van der Waals surface area contributed by atoms with Gasteiger partial charge in [0.25, 0.3) is 10.0 Å². The molecular weight excluding hydrogens is 382 g/mol. The van der Waals surface area contributed by atoms with Crippen LogP contribution in [0.4, 0.5) is 5.69 Å². The van der Waals surface area contributed by atoms with Gasteiger partial charge in [-0.25, -0.2) is 8.42 Å². The zero-order valence-electron chi connectivity index (χ0n) is 13.8. The lowest BCUT2D eigenvalue weighted by molar-refractivity contribution is -0.120. The maximum Gasteiger partial charge on any atom is 0.271 e. The van der Waals surface area contributed by atoms with Crippen molar-refractivity contribution in [2.24, 2.45) is 5.73 Å². The first-order chi connectivity index (χ1) is 11.4. The smallest absolute Gasteiger partial charge is 0.271 e. The van der Waals surface area contributed by atoms with Gasteiger partial charge in [-0.1, -0.05) is 18.2 Å². The molecule has 0 aliphatic carbocycles. The van der Waals surface area contributed by atoms with Crippen molar-refractivity contribution in [2.45, 2.75) is 30.0 Å². The van der Waals surface area contributed by atoms with Crippen molar-refractivity contribution in [3.63, 3.8) is 0 Å². The number of anilines is 1. The SMILES string of the molecule is CC(N)CCNC(=O)Cc1ccc(NS(=O)(=O)c2cccs2)cc1.Cl. The van der Waals surface area contributed by atoms with Crippen LogP contribution < -0.4 is 15.8 Å². The normalized spacial score (nSPS) is 12.1. The van der Waals surface area contributed by atoms with Crippen molar-refractivity contribution < 1.29 is 13.2 Å². The van der Waals surface area contributed by atoms with Crippen LogP contribution in [0.2, 0.25) is 0 Å². The van der Waals surface area contributed by atoms with Gasteiger partial charge < -0.3 is 11.1 Å². The molecule has 1 heterocycles. The molecule has 0 spiro atoms. The van der Waals surface area contributed by atoms with Crippen LogP contribution >= 0.6 is 23.7 Å². The molecule has 0 saturated carbocycles. The number of rotatable bonds is 8. The number of benzene rings is 1. The first-order valence-electron chi connectivity index (χ1n) is 7.54. The quantitative estimate of drug-likeness (QED) is 0.629. The Hall–Kier alpha value is -1.61. The van der Waals surface area contributed by atoms with Crippen LogP contribution in [0.3, 0.4) is 0 Å². The monoisotopic (exact) mass is 403 g/mol. The van der Waals surface area contributed by atoms with Gasteiger partial charge in [-0.15, -0.1) is 23.7 Å². The van der Waals surface area contributed by atoms with Crippen LogP contribution in [0, 0.1) is 0 Å². The summed E-state index contributed by atoms with van der Waals surface area (Å²) in [5.74, 6) is -0.0810. The van der Waals surface area contributed by atoms with E-state index in [9.17, 15) is 13.2 Å². The summed E-state index contributed by atoms with van der Waals surface area (Å²) in [6.45, 7) is 2.44. The highest BCUT2D eigenvalue weighted by Crippen LogP contribution is 2.20. The minimum Gasteiger partial charge on any atom is -0.356 e. The summed E-state index contributed by atoms with van der Waals surface area (Å²) in [6, 6.07) is 10.1. The number of nitrogens with one attached hydrogen (secondary N) is 2. The number of carbonyl (C=O) groups is 1. The topological polar surface area (TPSA) is 101 Å². The van der Waals surface area contributed by atoms with Crippen molar-refractivity contribution >= 4 is 45.4 Å². The Morgan fingerprint density at radius 3 is 2.48 bits per heavy atom. The molecule has 0 bridgehead atoms. The van der Waals surface area contributed by atoms with E-state index in [4.69, 9.17) is 5.73 Å². The molecule has 0 aliphatic heterocycles. The Kier molecular flexibility index (Phi) is 8.37. The van der Waals surface area contributed by atoms with Crippen LogP contribution in [0.1, 0.15) is 18.9 Å². The summed E-state index contributed by atoms with van der Waals surface area (Å²) in [5.41, 5.74) is 6.90. The number of hydrogen-bond acceptors (Lipinski definition) is 5. The fraction of sp³-hybridized carbons (Fsp3) is 0.312. The minimum absolute atomic E-state index is 0. The van der Waals surface area contributed by atoms with E-state index in [2.05, 4.69) is 10.0 Å². The first kappa shape index (κ1) is 21.4. The molecule has 1 aromatic heterocycles. The summed E-state index contributed by atoms with van der Waals surface area (Å²) in [6.07, 6.45) is 0.978. The number of hydrogen-bond donors (Lipinski definition) is 3. The van der Waals surface area contributed by atoms with Crippen LogP contribution in [0.5, 0.6) is 0 Å². The first-order valence-corrected chi connectivity index (χ1v) is 9.90. The summed E-state index contributed by atoms with van der Waals surface area (Å²) in [5, 5.41) is 4.51. The molecule has 1 amide bonds. The van der Waals surface area contributed by atoms with E-state index in [0.717, 1.165) is 23.3 Å². The lowest BCUT2D eigenvalue weighted by Crippen LogP contribution is -2.30. The second-order valence-corrected chi connectivity index (χ2v) is 8.38. The van der Waals surface area contributed by atoms with Gasteiger partial charge in [0.15, 0.2) is 0 Å². The molecule has 25 heavy (non-hydrogen) atoms. The fourth-order valence-electron chi connectivity index (χ4n) is 2.00. The van der Waals surface area contributed by atoms with E-state index < -0.39 is 10.0 Å². The van der Waals surface area contributed by atoms with Crippen LogP contribution in [-0.2, 0) is 21.2 Å². The van der Waals surface area contributed by atoms with Gasteiger partial charge in [0.1, 0.15) is 4.21 Å². The van der Waals surface area contributed by atoms with Crippen molar-refractivity contribution in [2.75, 3.05) is 11.3 Å². The third-order valence-corrected chi connectivity index (χ3v) is 6.03. The molecule has 0 fully saturated rings. The standard InChI is InChI=1S/C16H21N3O3S2.ClH/c1-12(17)8-9-18-15(20)11-13-4-6-14(7-5-13)19-24(21,22)16-3-2-10-23-16;/h2-7,10,12,19H,8-9,11,17H2,1H3,(H,18,20);1H. The maximum absolute atomic E-state index is 12.1. The third kappa shape index (κ3) is 7.03. The van der Waals surface area contributed by atoms with Gasteiger partial charge in [-0.05, 0) is 42.5 Å². The molecule has 138 valence electrons. The maximum atomic E-state index is 12.1. The number of amides is 1. The van der Waals surface area contributed by atoms with Gasteiger partial charge in [0, 0.05) is 18.3 Å². The zero-order chi connectivity index (χ0) is 17.6.